The number of nitrogens with two attached hydrogens (primary N) is 1. The molecule has 0 saturated heterocycles. The minimum absolute atomic E-state index is 0.0200. The lowest BCUT2D eigenvalue weighted by Gasteiger charge is -2.21. The third-order valence-corrected chi connectivity index (χ3v) is 2.70. The quantitative estimate of drug-likeness (QED) is 0.478. The second kappa shape index (κ2) is 5.46. The number of hydrogen-bond donors (Lipinski definition) is 2. The summed E-state index contributed by atoms with van der Waals surface area (Å²) in [4.78, 5) is 24.0. The molecule has 0 fully saturated rings. The summed E-state index contributed by atoms with van der Waals surface area (Å²) in [7, 11) is 1.60. The van der Waals surface area contributed by atoms with Gasteiger partial charge in [-0.1, -0.05) is 6.07 Å². The van der Waals surface area contributed by atoms with Gasteiger partial charge in [-0.3, -0.25) is 20.8 Å². The molecule has 1 aromatic rings. The first kappa shape index (κ1) is 13.9. The monoisotopic (exact) mass is 252 g/mol. The topological polar surface area (TPSA) is 102 Å². The lowest BCUT2D eigenvalue weighted by molar-refractivity contribution is -0.384. The maximum atomic E-state index is 12.1. The van der Waals surface area contributed by atoms with Crippen molar-refractivity contribution < 1.29 is 9.72 Å². The summed E-state index contributed by atoms with van der Waals surface area (Å²) in [5.41, 5.74) is 2.05. The van der Waals surface area contributed by atoms with E-state index in [0.29, 0.717) is 0 Å². The van der Waals surface area contributed by atoms with Crippen LogP contribution in [0.1, 0.15) is 24.2 Å². The van der Waals surface area contributed by atoms with Gasteiger partial charge >= 0.3 is 5.69 Å². The summed E-state index contributed by atoms with van der Waals surface area (Å²) in [6.07, 6.45) is 0. The number of carbonyl (C=O) groups excluding carboxylic acids is 1. The van der Waals surface area contributed by atoms with Crippen molar-refractivity contribution in [1.82, 2.24) is 4.90 Å². The summed E-state index contributed by atoms with van der Waals surface area (Å²) >= 11 is 0. The lowest BCUT2D eigenvalue weighted by Crippen LogP contribution is -2.33. The number of nitrogen functional groups attached to an aromatic ring is 1. The third-order valence-electron chi connectivity index (χ3n) is 2.70. The van der Waals surface area contributed by atoms with Crippen molar-refractivity contribution in [2.24, 2.45) is 5.84 Å². The normalized spacial score (nSPS) is 10.3. The molecule has 0 aliphatic rings. The predicted molar refractivity (Wildman–Crippen MR) is 68.1 cm³/mol. The first-order chi connectivity index (χ1) is 8.40. The Bertz CT molecular complexity index is 473. The summed E-state index contributed by atoms with van der Waals surface area (Å²) in [6.45, 7) is 3.66. The highest BCUT2D eigenvalue weighted by atomic mass is 16.6. The molecule has 0 aromatic heterocycles. The molecule has 0 heterocycles. The van der Waals surface area contributed by atoms with Crippen LogP contribution in [0, 0.1) is 10.1 Å². The van der Waals surface area contributed by atoms with Gasteiger partial charge in [0.05, 0.1) is 4.92 Å². The second-order valence-corrected chi connectivity index (χ2v) is 4.11. The van der Waals surface area contributed by atoms with Crippen LogP contribution in [0.5, 0.6) is 0 Å². The molecule has 0 aliphatic carbocycles. The van der Waals surface area contributed by atoms with Crippen LogP contribution in [0.25, 0.3) is 0 Å². The van der Waals surface area contributed by atoms with Crippen LogP contribution < -0.4 is 11.3 Å². The van der Waals surface area contributed by atoms with Crippen molar-refractivity contribution in [3.8, 4) is 0 Å². The summed E-state index contributed by atoms with van der Waals surface area (Å²) < 4.78 is 0. The molecule has 3 N–H and O–H groups in total. The molecule has 7 heteroatoms. The van der Waals surface area contributed by atoms with Crippen LogP contribution in [0.2, 0.25) is 0 Å². The number of hydrazine groups is 1. The number of carbonyl (C=O) groups is 1. The zero-order chi connectivity index (χ0) is 13.9. The Morgan fingerprint density at radius 2 is 2.11 bits per heavy atom. The molecule has 7 nitrogen and oxygen atoms in total. The smallest absolute Gasteiger partial charge is 0.306 e. The van der Waals surface area contributed by atoms with Gasteiger partial charge in [-0.25, -0.2) is 0 Å². The number of nitro benzene ring substituents is 1. The number of para-hydroxylation sites is 1. The van der Waals surface area contributed by atoms with E-state index in [1.807, 2.05) is 13.8 Å². The predicted octanol–water partition coefficient (Wildman–Crippen LogP) is 1.36. The fourth-order valence-corrected chi connectivity index (χ4v) is 1.45. The van der Waals surface area contributed by atoms with Gasteiger partial charge in [0.25, 0.3) is 5.91 Å². The van der Waals surface area contributed by atoms with Gasteiger partial charge in [-0.2, -0.15) is 0 Å². The number of nitrogens with zero attached hydrogens (tertiary/aromatic N) is 2. The average Bonchev–Trinajstić information content (AvgIpc) is 2.35. The number of anilines is 1. The van der Waals surface area contributed by atoms with Gasteiger partial charge in [0.15, 0.2) is 0 Å². The van der Waals surface area contributed by atoms with E-state index in [-0.39, 0.29) is 23.0 Å². The van der Waals surface area contributed by atoms with Gasteiger partial charge < -0.3 is 10.3 Å². The molecule has 0 radical (unpaired) electrons. The fourth-order valence-electron chi connectivity index (χ4n) is 1.45. The van der Waals surface area contributed by atoms with E-state index in [9.17, 15) is 14.9 Å². The van der Waals surface area contributed by atoms with E-state index >= 15 is 0 Å². The highest BCUT2D eigenvalue weighted by molar-refractivity contribution is 6.00. The van der Waals surface area contributed by atoms with Crippen molar-refractivity contribution in [3.63, 3.8) is 0 Å². The molecule has 0 unspecified atom stereocenters. The van der Waals surface area contributed by atoms with E-state index in [2.05, 4.69) is 5.43 Å². The van der Waals surface area contributed by atoms with Crippen LogP contribution in [-0.2, 0) is 0 Å². The lowest BCUT2D eigenvalue weighted by atomic mass is 10.1. The van der Waals surface area contributed by atoms with Gasteiger partial charge in [-0.15, -0.1) is 0 Å². The summed E-state index contributed by atoms with van der Waals surface area (Å²) in [5, 5.41) is 11.0. The van der Waals surface area contributed by atoms with E-state index in [1.165, 1.54) is 17.0 Å². The van der Waals surface area contributed by atoms with Crippen LogP contribution in [0.4, 0.5) is 11.4 Å². The molecule has 1 amide bonds. The van der Waals surface area contributed by atoms with E-state index in [4.69, 9.17) is 5.84 Å². The first-order valence-electron chi connectivity index (χ1n) is 5.41. The first-order valence-corrected chi connectivity index (χ1v) is 5.41. The van der Waals surface area contributed by atoms with Crippen molar-refractivity contribution >= 4 is 17.3 Å². The van der Waals surface area contributed by atoms with E-state index in [0.717, 1.165) is 0 Å². The molecule has 0 spiro atoms. The molecule has 0 bridgehead atoms. The van der Waals surface area contributed by atoms with Crippen LogP contribution >= 0.6 is 0 Å². The molecule has 0 saturated carbocycles. The number of rotatable bonds is 4. The average molecular weight is 252 g/mol. The molecular formula is C11H16N4O3. The summed E-state index contributed by atoms with van der Waals surface area (Å²) in [6, 6.07) is 4.36. The maximum absolute atomic E-state index is 12.1. The van der Waals surface area contributed by atoms with Gasteiger partial charge in [0, 0.05) is 13.1 Å². The fraction of sp³-hybridized carbons (Fsp3) is 0.364. The van der Waals surface area contributed by atoms with E-state index in [1.54, 1.807) is 13.1 Å². The number of benzene rings is 1. The van der Waals surface area contributed by atoms with E-state index < -0.39 is 10.8 Å². The Labute approximate surface area is 105 Å². The standard InChI is InChI=1S/C11H16N4O3/c1-7(2)14(3)11(16)8-5-4-6-9(13-12)10(8)15(17)18/h4-7,13H,12H2,1-3H3. The van der Waals surface area contributed by atoms with Crippen molar-refractivity contribution in [3.05, 3.63) is 33.9 Å². The molecule has 0 atom stereocenters. The Balaban J connectivity index is 3.32. The van der Waals surface area contributed by atoms with Crippen molar-refractivity contribution in [2.75, 3.05) is 12.5 Å². The minimum atomic E-state index is -0.614. The highest BCUT2D eigenvalue weighted by Gasteiger charge is 2.26. The van der Waals surface area contributed by atoms with Crippen molar-refractivity contribution in [1.29, 1.82) is 0 Å². The zero-order valence-corrected chi connectivity index (χ0v) is 10.5. The maximum Gasteiger partial charge on any atom is 0.306 e. The van der Waals surface area contributed by atoms with Gasteiger partial charge in [-0.05, 0) is 26.0 Å². The molecule has 1 aromatic carbocycles. The Morgan fingerprint density at radius 1 is 1.50 bits per heavy atom. The summed E-state index contributed by atoms with van der Waals surface area (Å²) in [5.74, 6) is 4.81. The van der Waals surface area contributed by atoms with Crippen LogP contribution in [0.3, 0.4) is 0 Å². The third kappa shape index (κ3) is 2.57. The number of nitrogens with one attached hydrogen (secondary N) is 1. The second-order valence-electron chi connectivity index (χ2n) is 4.11. The molecule has 0 aliphatic heterocycles. The Hall–Kier alpha value is -2.15. The van der Waals surface area contributed by atoms with Gasteiger partial charge in [0.1, 0.15) is 11.3 Å². The number of nitro groups is 1. The Morgan fingerprint density at radius 3 is 2.56 bits per heavy atom. The van der Waals surface area contributed by atoms with Crippen molar-refractivity contribution in [2.45, 2.75) is 19.9 Å². The minimum Gasteiger partial charge on any atom is -0.339 e. The number of hydrogen-bond acceptors (Lipinski definition) is 5. The molecular weight excluding hydrogens is 236 g/mol. The largest absolute Gasteiger partial charge is 0.339 e. The zero-order valence-electron chi connectivity index (χ0n) is 10.5. The molecule has 98 valence electrons. The molecule has 1 rings (SSSR count). The molecule has 18 heavy (non-hydrogen) atoms. The Kier molecular flexibility index (Phi) is 4.22. The van der Waals surface area contributed by atoms with Gasteiger partial charge in [0.2, 0.25) is 0 Å². The number of amides is 1. The van der Waals surface area contributed by atoms with Crippen LogP contribution in [-0.4, -0.2) is 28.8 Å². The van der Waals surface area contributed by atoms with Crippen LogP contribution in [0.15, 0.2) is 18.2 Å². The SMILES string of the molecule is CC(C)N(C)C(=O)c1cccc(NN)c1[N+](=O)[O-]. The highest BCUT2D eigenvalue weighted by Crippen LogP contribution is 2.28.